The van der Waals surface area contributed by atoms with Crippen LogP contribution in [0.2, 0.25) is 0 Å². The fourth-order valence-electron chi connectivity index (χ4n) is 2.26. The van der Waals surface area contributed by atoms with Crippen molar-refractivity contribution in [1.29, 1.82) is 0 Å². The Morgan fingerprint density at radius 1 is 1.20 bits per heavy atom. The van der Waals surface area contributed by atoms with Gasteiger partial charge in [-0.3, -0.25) is 4.57 Å². The molecule has 0 aliphatic rings. The maximum Gasteiger partial charge on any atom is 0.419 e. The quantitative estimate of drug-likeness (QED) is 0.527. The van der Waals surface area contributed by atoms with Gasteiger partial charge in [0.25, 0.3) is 0 Å². The van der Waals surface area contributed by atoms with Crippen LogP contribution in [0.25, 0.3) is 28.0 Å². The van der Waals surface area contributed by atoms with Gasteiger partial charge in [0.15, 0.2) is 11.2 Å². The number of hydrogen-bond donors (Lipinski definition) is 0. The summed E-state index contributed by atoms with van der Waals surface area (Å²) in [5.41, 5.74) is 3.80. The molecular formula is C14H10N4O2. The zero-order valence-corrected chi connectivity index (χ0v) is 10.6. The van der Waals surface area contributed by atoms with Crippen LogP contribution in [-0.4, -0.2) is 19.2 Å². The van der Waals surface area contributed by atoms with Crippen LogP contribution in [0, 0.1) is 0 Å². The van der Waals surface area contributed by atoms with E-state index in [1.165, 1.54) is 4.57 Å². The summed E-state index contributed by atoms with van der Waals surface area (Å²) in [4.78, 5) is 15.7. The van der Waals surface area contributed by atoms with E-state index in [0.29, 0.717) is 5.58 Å². The zero-order chi connectivity index (χ0) is 13.7. The summed E-state index contributed by atoms with van der Waals surface area (Å²) in [6.45, 7) is 0. The van der Waals surface area contributed by atoms with Gasteiger partial charge >= 0.3 is 5.76 Å². The second-order valence-electron chi connectivity index (χ2n) is 4.56. The Labute approximate surface area is 112 Å². The van der Waals surface area contributed by atoms with Crippen LogP contribution in [0.4, 0.5) is 0 Å². The van der Waals surface area contributed by atoms with E-state index >= 15 is 0 Å². The molecule has 0 fully saturated rings. The van der Waals surface area contributed by atoms with E-state index < -0.39 is 0 Å². The van der Waals surface area contributed by atoms with Crippen LogP contribution in [-0.2, 0) is 7.05 Å². The molecule has 1 aromatic carbocycles. The molecule has 0 radical (unpaired) electrons. The van der Waals surface area contributed by atoms with Gasteiger partial charge in [-0.1, -0.05) is 6.07 Å². The van der Waals surface area contributed by atoms with E-state index in [1.807, 2.05) is 30.3 Å². The number of rotatable bonds is 1. The van der Waals surface area contributed by atoms with E-state index in [4.69, 9.17) is 4.42 Å². The standard InChI is InChI=1S/C14H10N4O2/c1-17-11-4-2-9(8-12(11)20-14(17)19)10-3-5-13-15-6-7-18(13)16-10/h2-8H,1H3. The molecule has 0 saturated heterocycles. The first kappa shape index (κ1) is 11.0. The molecule has 0 atom stereocenters. The van der Waals surface area contributed by atoms with Gasteiger partial charge in [-0.15, -0.1) is 0 Å². The van der Waals surface area contributed by atoms with Crippen LogP contribution in [0.3, 0.4) is 0 Å². The monoisotopic (exact) mass is 266 g/mol. The summed E-state index contributed by atoms with van der Waals surface area (Å²) in [5, 5.41) is 4.47. The molecule has 0 spiro atoms. The lowest BCUT2D eigenvalue weighted by Crippen LogP contribution is -2.08. The van der Waals surface area contributed by atoms with Crippen molar-refractivity contribution in [3.8, 4) is 11.3 Å². The van der Waals surface area contributed by atoms with Crippen LogP contribution < -0.4 is 5.76 Å². The van der Waals surface area contributed by atoms with Crippen molar-refractivity contribution >= 4 is 16.7 Å². The smallest absolute Gasteiger partial charge is 0.408 e. The van der Waals surface area contributed by atoms with E-state index in [-0.39, 0.29) is 5.76 Å². The molecule has 0 aliphatic carbocycles. The Kier molecular flexibility index (Phi) is 2.09. The number of hydrogen-bond acceptors (Lipinski definition) is 4. The molecule has 0 N–H and O–H groups in total. The normalized spacial score (nSPS) is 11.4. The van der Waals surface area contributed by atoms with E-state index in [2.05, 4.69) is 10.1 Å². The number of fused-ring (bicyclic) bond motifs is 2. The van der Waals surface area contributed by atoms with Crippen LogP contribution in [0.5, 0.6) is 0 Å². The summed E-state index contributed by atoms with van der Waals surface area (Å²) in [5.74, 6) is -0.366. The molecule has 6 nitrogen and oxygen atoms in total. The van der Waals surface area contributed by atoms with Gasteiger partial charge in [0.05, 0.1) is 11.2 Å². The first-order chi connectivity index (χ1) is 9.72. The lowest BCUT2D eigenvalue weighted by atomic mass is 10.1. The lowest BCUT2D eigenvalue weighted by Gasteiger charge is -2.01. The highest BCUT2D eigenvalue weighted by molar-refractivity contribution is 5.79. The molecule has 4 aromatic rings. The summed E-state index contributed by atoms with van der Waals surface area (Å²) >= 11 is 0. The summed E-state index contributed by atoms with van der Waals surface area (Å²) < 4.78 is 8.38. The van der Waals surface area contributed by atoms with Crippen molar-refractivity contribution < 1.29 is 4.42 Å². The molecule has 0 aliphatic heterocycles. The average molecular weight is 266 g/mol. The number of oxazole rings is 1. The summed E-state index contributed by atoms with van der Waals surface area (Å²) in [7, 11) is 1.68. The van der Waals surface area contributed by atoms with Crippen molar-refractivity contribution in [2.45, 2.75) is 0 Å². The Hall–Kier alpha value is -2.89. The molecule has 3 aromatic heterocycles. The number of aromatic nitrogens is 4. The Bertz CT molecular complexity index is 993. The van der Waals surface area contributed by atoms with Gasteiger partial charge in [0.1, 0.15) is 0 Å². The van der Waals surface area contributed by atoms with Crippen molar-refractivity contribution in [3.63, 3.8) is 0 Å². The lowest BCUT2D eigenvalue weighted by molar-refractivity contribution is 0.528. The number of imidazole rings is 1. The molecule has 4 rings (SSSR count). The van der Waals surface area contributed by atoms with Gasteiger partial charge in [-0.05, 0) is 24.3 Å². The second-order valence-corrected chi connectivity index (χ2v) is 4.56. The maximum atomic E-state index is 11.5. The molecule has 20 heavy (non-hydrogen) atoms. The molecule has 98 valence electrons. The van der Waals surface area contributed by atoms with E-state index in [0.717, 1.165) is 22.4 Å². The highest BCUT2D eigenvalue weighted by Crippen LogP contribution is 2.22. The topological polar surface area (TPSA) is 65.3 Å². The second kappa shape index (κ2) is 3.80. The molecule has 0 amide bonds. The molecule has 6 heteroatoms. The highest BCUT2D eigenvalue weighted by atomic mass is 16.4. The minimum absolute atomic E-state index is 0.366. The highest BCUT2D eigenvalue weighted by Gasteiger charge is 2.08. The third-order valence-corrected chi connectivity index (χ3v) is 3.34. The maximum absolute atomic E-state index is 11.5. The van der Waals surface area contributed by atoms with Crippen molar-refractivity contribution in [2.24, 2.45) is 7.05 Å². The fourth-order valence-corrected chi connectivity index (χ4v) is 2.26. The zero-order valence-electron chi connectivity index (χ0n) is 10.6. The van der Waals surface area contributed by atoms with Gasteiger partial charge in [-0.25, -0.2) is 14.3 Å². The van der Waals surface area contributed by atoms with Gasteiger partial charge in [0.2, 0.25) is 0 Å². The first-order valence-electron chi connectivity index (χ1n) is 6.13. The average Bonchev–Trinajstić information content (AvgIpc) is 3.03. The third-order valence-electron chi connectivity index (χ3n) is 3.34. The SMILES string of the molecule is Cn1c(=O)oc2cc(-c3ccc4nccn4n3)ccc21. The number of aryl methyl sites for hydroxylation is 1. The number of benzene rings is 1. The minimum Gasteiger partial charge on any atom is -0.408 e. The van der Waals surface area contributed by atoms with Gasteiger partial charge in [0, 0.05) is 25.0 Å². The Morgan fingerprint density at radius 3 is 3.00 bits per heavy atom. The van der Waals surface area contributed by atoms with Gasteiger partial charge in [-0.2, -0.15) is 5.10 Å². The van der Waals surface area contributed by atoms with Crippen molar-refractivity contribution in [3.05, 3.63) is 53.3 Å². The molecule has 0 unspecified atom stereocenters. The predicted octanol–water partition coefficient (Wildman–Crippen LogP) is 1.84. The van der Waals surface area contributed by atoms with Crippen LogP contribution in [0.1, 0.15) is 0 Å². The van der Waals surface area contributed by atoms with Crippen LogP contribution in [0.15, 0.2) is 51.9 Å². The molecule has 0 bridgehead atoms. The fraction of sp³-hybridized carbons (Fsp3) is 0.0714. The van der Waals surface area contributed by atoms with E-state index in [1.54, 1.807) is 24.0 Å². The Balaban J connectivity index is 1.94. The Morgan fingerprint density at radius 2 is 2.10 bits per heavy atom. The number of nitrogens with zero attached hydrogens (tertiary/aromatic N) is 4. The largest absolute Gasteiger partial charge is 0.419 e. The van der Waals surface area contributed by atoms with Crippen LogP contribution >= 0.6 is 0 Å². The van der Waals surface area contributed by atoms with Crippen molar-refractivity contribution in [1.82, 2.24) is 19.2 Å². The van der Waals surface area contributed by atoms with E-state index in [9.17, 15) is 4.79 Å². The summed E-state index contributed by atoms with van der Waals surface area (Å²) in [6, 6.07) is 9.39. The third kappa shape index (κ3) is 1.48. The molecule has 0 saturated carbocycles. The van der Waals surface area contributed by atoms with Crippen molar-refractivity contribution in [2.75, 3.05) is 0 Å². The molecule has 3 heterocycles. The summed E-state index contributed by atoms with van der Waals surface area (Å²) in [6.07, 6.45) is 3.49. The first-order valence-corrected chi connectivity index (χ1v) is 6.13. The predicted molar refractivity (Wildman–Crippen MR) is 73.4 cm³/mol. The minimum atomic E-state index is -0.366. The molecular weight excluding hydrogens is 256 g/mol. The van der Waals surface area contributed by atoms with Gasteiger partial charge < -0.3 is 4.42 Å².